The van der Waals surface area contributed by atoms with Crippen molar-refractivity contribution in [3.05, 3.63) is 48.2 Å². The van der Waals surface area contributed by atoms with E-state index < -0.39 is 12.1 Å². The van der Waals surface area contributed by atoms with E-state index in [0.29, 0.717) is 29.5 Å². The summed E-state index contributed by atoms with van der Waals surface area (Å²) in [5.41, 5.74) is 1.16. The van der Waals surface area contributed by atoms with Gasteiger partial charge in [-0.25, -0.2) is 9.78 Å². The number of aliphatic hydroxyl groups is 1. The second kappa shape index (κ2) is 8.73. The third-order valence-corrected chi connectivity index (χ3v) is 3.26. The number of hydrogen-bond donors (Lipinski definition) is 3. The van der Waals surface area contributed by atoms with Crippen LogP contribution in [0, 0.1) is 0 Å². The van der Waals surface area contributed by atoms with Crippen LogP contribution in [0.15, 0.2) is 42.6 Å². The maximum absolute atomic E-state index is 12.0. The van der Waals surface area contributed by atoms with Gasteiger partial charge in [0.05, 0.1) is 19.8 Å². The van der Waals surface area contributed by atoms with Crippen molar-refractivity contribution in [3.63, 3.8) is 0 Å². The lowest BCUT2D eigenvalue weighted by Crippen LogP contribution is -2.32. The fraction of sp³-hybridized carbons (Fsp3) is 0.294. The molecule has 0 bridgehead atoms. The van der Waals surface area contributed by atoms with Gasteiger partial charge in [0.25, 0.3) is 0 Å². The van der Waals surface area contributed by atoms with Crippen molar-refractivity contribution < 1.29 is 19.4 Å². The molecule has 0 aliphatic carbocycles. The van der Waals surface area contributed by atoms with Crippen molar-refractivity contribution in [1.29, 1.82) is 0 Å². The van der Waals surface area contributed by atoms with Gasteiger partial charge >= 0.3 is 6.03 Å². The van der Waals surface area contributed by atoms with Crippen LogP contribution in [0.25, 0.3) is 0 Å². The van der Waals surface area contributed by atoms with Crippen LogP contribution in [-0.2, 0) is 0 Å². The average molecular weight is 331 g/mol. The van der Waals surface area contributed by atoms with E-state index in [4.69, 9.17) is 9.47 Å². The molecule has 0 fully saturated rings. The molecule has 3 N–H and O–H groups in total. The van der Waals surface area contributed by atoms with Crippen molar-refractivity contribution in [2.45, 2.75) is 13.0 Å². The van der Waals surface area contributed by atoms with E-state index in [1.165, 1.54) is 0 Å². The summed E-state index contributed by atoms with van der Waals surface area (Å²) in [6.45, 7) is 2.36. The van der Waals surface area contributed by atoms with Gasteiger partial charge in [-0.2, -0.15) is 0 Å². The number of pyridine rings is 1. The molecule has 2 rings (SSSR count). The number of benzene rings is 1. The monoisotopic (exact) mass is 331 g/mol. The van der Waals surface area contributed by atoms with Crippen molar-refractivity contribution in [1.82, 2.24) is 10.3 Å². The lowest BCUT2D eigenvalue weighted by atomic mass is 10.1. The first-order valence-corrected chi connectivity index (χ1v) is 7.58. The number of carbonyl (C=O) groups is 1. The maximum atomic E-state index is 12.0. The fourth-order valence-corrected chi connectivity index (χ4v) is 2.04. The second-order valence-electron chi connectivity index (χ2n) is 4.91. The second-order valence-corrected chi connectivity index (χ2v) is 4.91. The molecule has 1 aromatic heterocycles. The van der Waals surface area contributed by atoms with E-state index in [1.807, 2.05) is 6.92 Å². The smallest absolute Gasteiger partial charge is 0.319 e. The van der Waals surface area contributed by atoms with Gasteiger partial charge in [-0.1, -0.05) is 12.1 Å². The van der Waals surface area contributed by atoms with Gasteiger partial charge in [-0.05, 0) is 36.8 Å². The van der Waals surface area contributed by atoms with Crippen LogP contribution in [0.4, 0.5) is 10.5 Å². The highest BCUT2D eigenvalue weighted by Crippen LogP contribution is 2.20. The first kappa shape index (κ1) is 17.6. The number of hydrogen-bond acceptors (Lipinski definition) is 5. The molecule has 7 nitrogen and oxygen atoms in total. The zero-order chi connectivity index (χ0) is 17.4. The highest BCUT2D eigenvalue weighted by molar-refractivity contribution is 5.90. The Morgan fingerprint density at radius 1 is 1.29 bits per heavy atom. The first-order valence-electron chi connectivity index (χ1n) is 7.58. The fourth-order valence-electron chi connectivity index (χ4n) is 2.04. The molecule has 128 valence electrons. The minimum atomic E-state index is -0.818. The predicted molar refractivity (Wildman–Crippen MR) is 90.4 cm³/mol. The lowest BCUT2D eigenvalue weighted by molar-refractivity contribution is 0.175. The SMILES string of the molecule is CCOc1ncccc1NC(=O)NC[C@@H](O)c1ccc(OC)cc1. The van der Waals surface area contributed by atoms with Gasteiger partial charge in [-0.15, -0.1) is 0 Å². The first-order chi connectivity index (χ1) is 11.6. The number of anilines is 1. The summed E-state index contributed by atoms with van der Waals surface area (Å²) >= 11 is 0. The van der Waals surface area contributed by atoms with E-state index in [-0.39, 0.29) is 6.54 Å². The zero-order valence-electron chi connectivity index (χ0n) is 13.7. The molecular weight excluding hydrogens is 310 g/mol. The minimum Gasteiger partial charge on any atom is -0.497 e. The summed E-state index contributed by atoms with van der Waals surface area (Å²) in [7, 11) is 1.58. The number of aromatic nitrogens is 1. The highest BCUT2D eigenvalue weighted by atomic mass is 16.5. The third-order valence-electron chi connectivity index (χ3n) is 3.26. The summed E-state index contributed by atoms with van der Waals surface area (Å²) in [4.78, 5) is 16.0. The topological polar surface area (TPSA) is 92.7 Å². The molecule has 24 heavy (non-hydrogen) atoms. The number of aliphatic hydroxyl groups excluding tert-OH is 1. The van der Waals surface area contributed by atoms with Crippen molar-refractivity contribution in [2.24, 2.45) is 0 Å². The van der Waals surface area contributed by atoms with Crippen molar-refractivity contribution in [3.8, 4) is 11.6 Å². The third kappa shape index (κ3) is 4.85. The van der Waals surface area contributed by atoms with E-state index in [1.54, 1.807) is 49.7 Å². The number of rotatable bonds is 7. The molecular formula is C17H21N3O4. The molecule has 0 saturated heterocycles. The Balaban J connectivity index is 1.88. The van der Waals surface area contributed by atoms with Gasteiger partial charge in [0, 0.05) is 12.7 Å². The molecule has 7 heteroatoms. The van der Waals surface area contributed by atoms with E-state index in [2.05, 4.69) is 15.6 Å². The highest BCUT2D eigenvalue weighted by Gasteiger charge is 2.12. The van der Waals surface area contributed by atoms with Gasteiger partial charge in [-0.3, -0.25) is 0 Å². The Hall–Kier alpha value is -2.80. The summed E-state index contributed by atoms with van der Waals surface area (Å²) in [5, 5.41) is 15.4. The Morgan fingerprint density at radius 3 is 2.71 bits per heavy atom. The number of methoxy groups -OCH3 is 1. The molecule has 1 heterocycles. The van der Waals surface area contributed by atoms with E-state index in [0.717, 1.165) is 0 Å². The molecule has 0 radical (unpaired) electrons. The maximum Gasteiger partial charge on any atom is 0.319 e. The van der Waals surface area contributed by atoms with E-state index >= 15 is 0 Å². The molecule has 0 saturated carbocycles. The lowest BCUT2D eigenvalue weighted by Gasteiger charge is -2.14. The minimum absolute atomic E-state index is 0.0718. The number of urea groups is 1. The number of carbonyl (C=O) groups excluding carboxylic acids is 1. The molecule has 1 aromatic carbocycles. The van der Waals surface area contributed by atoms with Gasteiger partial charge in [0.15, 0.2) is 0 Å². The van der Waals surface area contributed by atoms with E-state index in [9.17, 15) is 9.90 Å². The Kier molecular flexibility index (Phi) is 6.39. The summed E-state index contributed by atoms with van der Waals surface area (Å²) < 4.78 is 10.4. The van der Waals surface area contributed by atoms with Crippen molar-refractivity contribution >= 4 is 11.7 Å². The standard InChI is InChI=1S/C17H21N3O4/c1-3-24-16-14(5-4-10-18-16)20-17(22)19-11-15(21)12-6-8-13(23-2)9-7-12/h4-10,15,21H,3,11H2,1-2H3,(H2,19,20,22)/t15-/m1/s1. The Labute approximate surface area is 140 Å². The summed E-state index contributed by atoms with van der Waals surface area (Å²) in [6, 6.07) is 9.94. The van der Waals surface area contributed by atoms with Gasteiger partial charge < -0.3 is 25.2 Å². The average Bonchev–Trinajstić information content (AvgIpc) is 2.61. The molecule has 2 amide bonds. The van der Waals surface area contributed by atoms with Crippen LogP contribution in [-0.4, -0.2) is 36.4 Å². The van der Waals surface area contributed by atoms with Crippen LogP contribution < -0.4 is 20.1 Å². The molecule has 0 aliphatic rings. The van der Waals surface area contributed by atoms with Crippen LogP contribution in [0.1, 0.15) is 18.6 Å². The van der Waals surface area contributed by atoms with Crippen molar-refractivity contribution in [2.75, 3.05) is 25.6 Å². The number of nitrogens with zero attached hydrogens (tertiary/aromatic N) is 1. The predicted octanol–water partition coefficient (Wildman–Crippen LogP) is 2.34. The number of nitrogens with one attached hydrogen (secondary N) is 2. The molecule has 0 unspecified atom stereocenters. The van der Waals surface area contributed by atoms with Crippen LogP contribution >= 0.6 is 0 Å². The van der Waals surface area contributed by atoms with Crippen LogP contribution in [0.3, 0.4) is 0 Å². The summed E-state index contributed by atoms with van der Waals surface area (Å²) in [5.74, 6) is 1.06. The Bertz CT molecular complexity index is 661. The largest absolute Gasteiger partial charge is 0.497 e. The quantitative estimate of drug-likeness (QED) is 0.724. The molecule has 2 aromatic rings. The van der Waals surface area contributed by atoms with Gasteiger partial charge in [0.2, 0.25) is 5.88 Å². The van der Waals surface area contributed by atoms with Gasteiger partial charge in [0.1, 0.15) is 11.4 Å². The van der Waals surface area contributed by atoms with Crippen LogP contribution in [0.5, 0.6) is 11.6 Å². The zero-order valence-corrected chi connectivity index (χ0v) is 13.7. The molecule has 0 aliphatic heterocycles. The number of amides is 2. The Morgan fingerprint density at radius 2 is 2.04 bits per heavy atom. The van der Waals surface area contributed by atoms with Crippen LogP contribution in [0.2, 0.25) is 0 Å². The molecule has 0 spiro atoms. The number of ether oxygens (including phenoxy) is 2. The normalized spacial score (nSPS) is 11.5. The molecule has 1 atom stereocenters. The summed E-state index contributed by atoms with van der Waals surface area (Å²) in [6.07, 6.45) is 0.767.